The van der Waals surface area contributed by atoms with E-state index in [1.54, 1.807) is 13.0 Å². The summed E-state index contributed by atoms with van der Waals surface area (Å²) in [5.74, 6) is 0.727. The molecule has 0 fully saturated rings. The summed E-state index contributed by atoms with van der Waals surface area (Å²) in [5.41, 5.74) is 0.954. The zero-order chi connectivity index (χ0) is 13.0. The SMILES string of the molecule is COc1c(CC(C)O)cc(Cl)c(C=O)c1OC. The van der Waals surface area contributed by atoms with Crippen molar-refractivity contribution in [3.63, 3.8) is 0 Å². The molecule has 0 radical (unpaired) electrons. The van der Waals surface area contributed by atoms with E-state index in [0.29, 0.717) is 29.8 Å². The van der Waals surface area contributed by atoms with Crippen molar-refractivity contribution in [1.29, 1.82) is 0 Å². The predicted octanol–water partition coefficient (Wildman–Crippen LogP) is 2.09. The first-order valence-corrected chi connectivity index (χ1v) is 5.49. The van der Waals surface area contributed by atoms with Gasteiger partial charge in [0.05, 0.1) is 30.9 Å². The highest BCUT2D eigenvalue weighted by molar-refractivity contribution is 6.33. The van der Waals surface area contributed by atoms with E-state index in [-0.39, 0.29) is 10.6 Å². The van der Waals surface area contributed by atoms with Crippen LogP contribution in [0.5, 0.6) is 11.5 Å². The molecule has 1 unspecified atom stereocenters. The van der Waals surface area contributed by atoms with Crippen LogP contribution in [0.15, 0.2) is 6.07 Å². The maximum absolute atomic E-state index is 10.9. The first-order chi connectivity index (χ1) is 8.04. The quantitative estimate of drug-likeness (QED) is 0.822. The zero-order valence-corrected chi connectivity index (χ0v) is 10.7. The molecule has 0 aromatic heterocycles. The minimum absolute atomic E-state index is 0.250. The number of rotatable bonds is 5. The average Bonchev–Trinajstić information content (AvgIpc) is 2.27. The number of aliphatic hydroxyl groups excluding tert-OH is 1. The number of aliphatic hydroxyl groups is 1. The molecule has 5 heteroatoms. The summed E-state index contributed by atoms with van der Waals surface area (Å²) in [4.78, 5) is 10.9. The molecular weight excluding hydrogens is 244 g/mol. The van der Waals surface area contributed by atoms with Gasteiger partial charge in [-0.05, 0) is 13.0 Å². The van der Waals surface area contributed by atoms with Crippen molar-refractivity contribution in [3.05, 3.63) is 22.2 Å². The van der Waals surface area contributed by atoms with Gasteiger partial charge in [0.25, 0.3) is 0 Å². The molecule has 0 heterocycles. The Balaban J connectivity index is 3.41. The van der Waals surface area contributed by atoms with Crippen LogP contribution in [0.1, 0.15) is 22.8 Å². The number of methoxy groups -OCH3 is 2. The van der Waals surface area contributed by atoms with Gasteiger partial charge in [0.1, 0.15) is 0 Å². The van der Waals surface area contributed by atoms with E-state index in [2.05, 4.69) is 0 Å². The summed E-state index contributed by atoms with van der Waals surface area (Å²) in [6.45, 7) is 1.66. The van der Waals surface area contributed by atoms with Crippen molar-refractivity contribution in [2.24, 2.45) is 0 Å². The van der Waals surface area contributed by atoms with Crippen LogP contribution in [0, 0.1) is 0 Å². The van der Waals surface area contributed by atoms with Gasteiger partial charge in [0, 0.05) is 12.0 Å². The molecule has 1 atom stereocenters. The molecule has 1 rings (SSSR count). The molecule has 17 heavy (non-hydrogen) atoms. The summed E-state index contributed by atoms with van der Waals surface area (Å²) in [6, 6.07) is 1.61. The number of benzene rings is 1. The van der Waals surface area contributed by atoms with Gasteiger partial charge >= 0.3 is 0 Å². The molecule has 0 spiro atoms. The molecule has 0 saturated carbocycles. The second-order valence-electron chi connectivity index (χ2n) is 3.67. The molecule has 1 aromatic carbocycles. The van der Waals surface area contributed by atoms with Gasteiger partial charge in [0.2, 0.25) is 0 Å². The van der Waals surface area contributed by atoms with Crippen LogP contribution < -0.4 is 9.47 Å². The molecule has 0 amide bonds. The van der Waals surface area contributed by atoms with Crippen molar-refractivity contribution in [1.82, 2.24) is 0 Å². The lowest BCUT2D eigenvalue weighted by Crippen LogP contribution is -2.08. The molecule has 4 nitrogen and oxygen atoms in total. The first kappa shape index (κ1) is 13.8. The number of carbonyl (C=O) groups is 1. The van der Waals surface area contributed by atoms with E-state index in [4.69, 9.17) is 21.1 Å². The number of halogens is 1. The Labute approximate surface area is 105 Å². The molecule has 0 aliphatic rings. The fraction of sp³-hybridized carbons (Fsp3) is 0.417. The lowest BCUT2D eigenvalue weighted by molar-refractivity contribution is 0.112. The third-order valence-corrected chi connectivity index (χ3v) is 2.65. The average molecular weight is 259 g/mol. The highest BCUT2D eigenvalue weighted by Crippen LogP contribution is 2.38. The van der Waals surface area contributed by atoms with Gasteiger partial charge < -0.3 is 14.6 Å². The second-order valence-corrected chi connectivity index (χ2v) is 4.08. The van der Waals surface area contributed by atoms with Crippen molar-refractivity contribution in [2.45, 2.75) is 19.4 Å². The molecule has 0 saturated heterocycles. The Morgan fingerprint density at radius 1 is 1.41 bits per heavy atom. The minimum Gasteiger partial charge on any atom is -0.493 e. The number of carbonyl (C=O) groups excluding carboxylic acids is 1. The van der Waals surface area contributed by atoms with Crippen molar-refractivity contribution < 1.29 is 19.4 Å². The van der Waals surface area contributed by atoms with Gasteiger partial charge in [-0.1, -0.05) is 11.6 Å². The lowest BCUT2D eigenvalue weighted by atomic mass is 10.0. The molecular formula is C12H15ClO4. The molecule has 1 aromatic rings. The molecule has 0 bridgehead atoms. The molecule has 0 aliphatic heterocycles. The standard InChI is InChI=1S/C12H15ClO4/c1-7(15)4-8-5-10(13)9(6-14)12(17-3)11(8)16-2/h5-7,15H,4H2,1-3H3. The third kappa shape index (κ3) is 2.90. The summed E-state index contributed by atoms with van der Waals surface area (Å²) in [6.07, 6.45) is 0.459. The molecule has 0 aliphatic carbocycles. The van der Waals surface area contributed by atoms with E-state index in [1.165, 1.54) is 14.2 Å². The van der Waals surface area contributed by atoms with E-state index in [9.17, 15) is 9.90 Å². The summed E-state index contributed by atoms with van der Waals surface area (Å²) in [5, 5.41) is 9.68. The first-order valence-electron chi connectivity index (χ1n) is 5.11. The fourth-order valence-corrected chi connectivity index (χ4v) is 1.94. The van der Waals surface area contributed by atoms with Crippen LogP contribution in [0.2, 0.25) is 5.02 Å². The number of ether oxygens (including phenoxy) is 2. The molecule has 1 N–H and O–H groups in total. The summed E-state index contributed by atoms with van der Waals surface area (Å²) in [7, 11) is 2.92. The largest absolute Gasteiger partial charge is 0.493 e. The smallest absolute Gasteiger partial charge is 0.173 e. The van der Waals surface area contributed by atoms with Crippen LogP contribution in [0.4, 0.5) is 0 Å². The van der Waals surface area contributed by atoms with Crippen LogP contribution >= 0.6 is 11.6 Å². The van der Waals surface area contributed by atoms with Crippen molar-refractivity contribution in [2.75, 3.05) is 14.2 Å². The highest BCUT2D eigenvalue weighted by Gasteiger charge is 2.19. The minimum atomic E-state index is -0.535. The van der Waals surface area contributed by atoms with Gasteiger partial charge in [-0.15, -0.1) is 0 Å². The number of hydrogen-bond acceptors (Lipinski definition) is 4. The zero-order valence-electron chi connectivity index (χ0n) is 9.99. The van der Waals surface area contributed by atoms with E-state index in [1.807, 2.05) is 0 Å². The second kappa shape index (κ2) is 5.89. The number of aldehydes is 1. The monoisotopic (exact) mass is 258 g/mol. The Hall–Kier alpha value is -1.26. The highest BCUT2D eigenvalue weighted by atomic mass is 35.5. The van der Waals surface area contributed by atoms with E-state index >= 15 is 0 Å². The van der Waals surface area contributed by atoms with Crippen LogP contribution in [0.25, 0.3) is 0 Å². The summed E-state index contributed by atoms with van der Waals surface area (Å²) >= 11 is 5.98. The molecule has 94 valence electrons. The summed E-state index contributed by atoms with van der Waals surface area (Å²) < 4.78 is 10.4. The number of hydrogen-bond donors (Lipinski definition) is 1. The van der Waals surface area contributed by atoms with Crippen molar-refractivity contribution in [3.8, 4) is 11.5 Å². The topological polar surface area (TPSA) is 55.8 Å². The van der Waals surface area contributed by atoms with Crippen LogP contribution in [0.3, 0.4) is 0 Å². The van der Waals surface area contributed by atoms with E-state index < -0.39 is 6.10 Å². The Bertz CT molecular complexity index is 415. The van der Waals surface area contributed by atoms with Crippen LogP contribution in [-0.4, -0.2) is 31.7 Å². The Morgan fingerprint density at radius 3 is 2.41 bits per heavy atom. The van der Waals surface area contributed by atoms with Gasteiger partial charge in [-0.2, -0.15) is 0 Å². The van der Waals surface area contributed by atoms with Crippen LogP contribution in [-0.2, 0) is 6.42 Å². The fourth-order valence-electron chi connectivity index (χ4n) is 1.68. The third-order valence-electron chi connectivity index (χ3n) is 2.34. The van der Waals surface area contributed by atoms with Gasteiger partial charge in [-0.25, -0.2) is 0 Å². The van der Waals surface area contributed by atoms with Gasteiger partial charge in [-0.3, -0.25) is 4.79 Å². The Kier molecular flexibility index (Phi) is 4.78. The maximum atomic E-state index is 10.9. The van der Waals surface area contributed by atoms with E-state index in [0.717, 1.165) is 0 Å². The normalized spacial score (nSPS) is 12.1. The maximum Gasteiger partial charge on any atom is 0.173 e. The van der Waals surface area contributed by atoms with Gasteiger partial charge in [0.15, 0.2) is 17.8 Å². The Morgan fingerprint density at radius 2 is 2.00 bits per heavy atom. The lowest BCUT2D eigenvalue weighted by Gasteiger charge is -2.16. The van der Waals surface area contributed by atoms with Crippen molar-refractivity contribution >= 4 is 17.9 Å². The predicted molar refractivity (Wildman–Crippen MR) is 65.3 cm³/mol.